The molecule has 1 heterocycles. The Kier molecular flexibility index (Phi) is 3.09. The first-order valence-corrected chi connectivity index (χ1v) is 6.50. The summed E-state index contributed by atoms with van der Waals surface area (Å²) in [4.78, 5) is 21.3. The zero-order chi connectivity index (χ0) is 15.1. The molecule has 0 atom stereocenters. The van der Waals surface area contributed by atoms with E-state index in [9.17, 15) is 14.9 Å². The molecule has 0 bridgehead atoms. The first kappa shape index (κ1) is 13.5. The molecule has 108 valence electrons. The third kappa shape index (κ3) is 2.33. The second-order valence-electron chi connectivity index (χ2n) is 4.71. The van der Waals surface area contributed by atoms with Crippen molar-refractivity contribution in [2.75, 3.05) is 0 Å². The number of rotatable bonds is 4. The van der Waals surface area contributed by atoms with Gasteiger partial charge in [0.15, 0.2) is 5.69 Å². The molecule has 3 rings (SSSR count). The molecule has 1 aromatic heterocycles. The molecule has 0 aliphatic heterocycles. The van der Waals surface area contributed by atoms with Crippen molar-refractivity contribution in [3.63, 3.8) is 0 Å². The van der Waals surface area contributed by atoms with Gasteiger partial charge < -0.3 is 5.11 Å². The van der Waals surface area contributed by atoms with Crippen LogP contribution in [0.25, 0.3) is 5.69 Å². The molecule has 0 spiro atoms. The second-order valence-corrected chi connectivity index (χ2v) is 5.11. The molecule has 1 fully saturated rings. The van der Waals surface area contributed by atoms with Gasteiger partial charge in [0.2, 0.25) is 0 Å². The van der Waals surface area contributed by atoms with E-state index >= 15 is 0 Å². The van der Waals surface area contributed by atoms with Gasteiger partial charge in [-0.15, -0.1) is 5.10 Å². The third-order valence-electron chi connectivity index (χ3n) is 3.24. The summed E-state index contributed by atoms with van der Waals surface area (Å²) in [6.07, 6.45) is 1.74. The van der Waals surface area contributed by atoms with Crippen molar-refractivity contribution in [2.45, 2.75) is 18.8 Å². The van der Waals surface area contributed by atoms with Crippen molar-refractivity contribution in [3.05, 3.63) is 44.7 Å². The third-order valence-corrected chi connectivity index (χ3v) is 3.55. The minimum Gasteiger partial charge on any atom is -0.476 e. The fraction of sp³-hybridized carbons (Fsp3) is 0.250. The average Bonchev–Trinajstić information content (AvgIpc) is 3.16. The van der Waals surface area contributed by atoms with E-state index in [-0.39, 0.29) is 22.3 Å². The first-order valence-electron chi connectivity index (χ1n) is 6.12. The van der Waals surface area contributed by atoms with Gasteiger partial charge in [0.05, 0.1) is 16.3 Å². The topological polar surface area (TPSA) is 111 Å². The number of aromatic nitrogens is 3. The van der Waals surface area contributed by atoms with Crippen LogP contribution in [0.15, 0.2) is 18.2 Å². The maximum Gasteiger partial charge on any atom is 0.358 e. The molecule has 0 unspecified atom stereocenters. The molecule has 9 heteroatoms. The van der Waals surface area contributed by atoms with Crippen LogP contribution >= 0.6 is 11.6 Å². The second kappa shape index (κ2) is 4.81. The number of halogens is 1. The highest BCUT2D eigenvalue weighted by Crippen LogP contribution is 2.42. The number of carbonyl (C=O) groups is 1. The van der Waals surface area contributed by atoms with Crippen LogP contribution in [0.1, 0.15) is 34.9 Å². The van der Waals surface area contributed by atoms with E-state index in [0.29, 0.717) is 11.4 Å². The number of nitrogens with zero attached hydrogens (tertiary/aromatic N) is 4. The average molecular weight is 309 g/mol. The Bertz CT molecular complexity index is 754. The molecular formula is C12H9ClN4O4. The Morgan fingerprint density at radius 3 is 2.71 bits per heavy atom. The van der Waals surface area contributed by atoms with Gasteiger partial charge in [-0.05, 0) is 25.0 Å². The largest absolute Gasteiger partial charge is 0.476 e. The summed E-state index contributed by atoms with van der Waals surface area (Å²) < 4.78 is 1.39. The van der Waals surface area contributed by atoms with Crippen molar-refractivity contribution < 1.29 is 14.8 Å². The molecule has 21 heavy (non-hydrogen) atoms. The van der Waals surface area contributed by atoms with Crippen molar-refractivity contribution in [3.8, 4) is 5.69 Å². The number of nitro benzene ring substituents is 1. The van der Waals surface area contributed by atoms with Gasteiger partial charge in [-0.2, -0.15) is 0 Å². The molecular weight excluding hydrogens is 300 g/mol. The van der Waals surface area contributed by atoms with Crippen LogP contribution < -0.4 is 0 Å². The molecule has 1 aromatic carbocycles. The van der Waals surface area contributed by atoms with Crippen molar-refractivity contribution in [2.24, 2.45) is 0 Å². The lowest BCUT2D eigenvalue weighted by atomic mass is 10.2. The van der Waals surface area contributed by atoms with Crippen LogP contribution in [0.3, 0.4) is 0 Å². The molecule has 0 radical (unpaired) electrons. The van der Waals surface area contributed by atoms with E-state index in [0.717, 1.165) is 12.8 Å². The maximum atomic E-state index is 11.2. The van der Waals surface area contributed by atoms with Gasteiger partial charge in [-0.1, -0.05) is 16.8 Å². The summed E-state index contributed by atoms with van der Waals surface area (Å²) >= 11 is 5.87. The lowest BCUT2D eigenvalue weighted by Crippen LogP contribution is -2.06. The highest BCUT2D eigenvalue weighted by molar-refractivity contribution is 6.32. The fourth-order valence-corrected chi connectivity index (χ4v) is 2.37. The molecule has 8 nitrogen and oxygen atoms in total. The lowest BCUT2D eigenvalue weighted by molar-refractivity contribution is -0.384. The number of aromatic carboxylic acids is 1. The van der Waals surface area contributed by atoms with E-state index in [1.54, 1.807) is 0 Å². The van der Waals surface area contributed by atoms with Crippen molar-refractivity contribution in [1.82, 2.24) is 15.0 Å². The van der Waals surface area contributed by atoms with E-state index in [1.165, 1.54) is 22.9 Å². The molecule has 0 saturated heterocycles. The molecule has 0 amide bonds. The summed E-state index contributed by atoms with van der Waals surface area (Å²) in [5, 5.41) is 27.4. The molecule has 1 N–H and O–H groups in total. The summed E-state index contributed by atoms with van der Waals surface area (Å²) in [6.45, 7) is 0. The van der Waals surface area contributed by atoms with Gasteiger partial charge >= 0.3 is 5.97 Å². The minimum atomic E-state index is -1.14. The Morgan fingerprint density at radius 1 is 1.48 bits per heavy atom. The Balaban J connectivity index is 2.11. The molecule has 2 aromatic rings. The number of carboxylic acids is 1. The zero-order valence-corrected chi connectivity index (χ0v) is 11.3. The van der Waals surface area contributed by atoms with Crippen molar-refractivity contribution in [1.29, 1.82) is 0 Å². The number of hydrogen-bond acceptors (Lipinski definition) is 5. The fourth-order valence-electron chi connectivity index (χ4n) is 2.13. The standard InChI is InChI=1S/C12H9ClN4O4/c13-8-5-7(3-4-9(8)17(20)21)16-11(6-1-2-6)10(12(18)19)14-15-16/h3-6H,1-2H2,(H,18,19). The van der Waals surface area contributed by atoms with Gasteiger partial charge in [-0.3, -0.25) is 10.1 Å². The summed E-state index contributed by atoms with van der Waals surface area (Å²) in [5.41, 5.74) is 0.652. The predicted octanol–water partition coefficient (Wildman–Crippen LogP) is 2.40. The van der Waals surface area contributed by atoms with Gasteiger partial charge in [0.1, 0.15) is 5.02 Å². The Morgan fingerprint density at radius 2 is 2.19 bits per heavy atom. The van der Waals surface area contributed by atoms with Crippen LogP contribution in [0.4, 0.5) is 5.69 Å². The number of hydrogen-bond donors (Lipinski definition) is 1. The Hall–Kier alpha value is -2.48. The summed E-state index contributed by atoms with van der Waals surface area (Å²) in [5.74, 6) is -1.05. The van der Waals surface area contributed by atoms with Gasteiger partial charge in [0, 0.05) is 12.0 Å². The molecule has 1 aliphatic rings. The maximum absolute atomic E-state index is 11.2. The Labute approximate surface area is 123 Å². The minimum absolute atomic E-state index is 0.0355. The smallest absolute Gasteiger partial charge is 0.358 e. The number of carboxylic acid groups (broad SMARTS) is 1. The highest BCUT2D eigenvalue weighted by Gasteiger charge is 2.34. The van der Waals surface area contributed by atoms with E-state index in [4.69, 9.17) is 16.7 Å². The number of benzene rings is 1. The number of nitro groups is 1. The van der Waals surface area contributed by atoms with E-state index in [1.807, 2.05) is 0 Å². The monoisotopic (exact) mass is 308 g/mol. The molecule has 1 aliphatic carbocycles. The van der Waals surface area contributed by atoms with Crippen LogP contribution in [0, 0.1) is 10.1 Å². The van der Waals surface area contributed by atoms with Crippen LogP contribution in [0.5, 0.6) is 0 Å². The van der Waals surface area contributed by atoms with Crippen molar-refractivity contribution >= 4 is 23.3 Å². The zero-order valence-electron chi connectivity index (χ0n) is 10.6. The SMILES string of the molecule is O=C(O)c1nnn(-c2ccc([N+](=O)[O-])c(Cl)c2)c1C1CC1. The van der Waals surface area contributed by atoms with Gasteiger partial charge in [-0.25, -0.2) is 9.48 Å². The first-order chi connectivity index (χ1) is 9.99. The van der Waals surface area contributed by atoms with Crippen LogP contribution in [-0.2, 0) is 0 Å². The normalized spacial score (nSPS) is 14.1. The van der Waals surface area contributed by atoms with E-state index < -0.39 is 10.9 Å². The summed E-state index contributed by atoms with van der Waals surface area (Å²) in [6, 6.07) is 4.11. The van der Waals surface area contributed by atoms with E-state index in [2.05, 4.69) is 10.3 Å². The lowest BCUT2D eigenvalue weighted by Gasteiger charge is -2.06. The highest BCUT2D eigenvalue weighted by atomic mass is 35.5. The molecule has 1 saturated carbocycles. The predicted molar refractivity (Wildman–Crippen MR) is 72.0 cm³/mol. The van der Waals surface area contributed by atoms with Crippen LogP contribution in [0.2, 0.25) is 5.02 Å². The summed E-state index contributed by atoms with van der Waals surface area (Å²) in [7, 11) is 0. The quantitative estimate of drug-likeness (QED) is 0.685. The van der Waals surface area contributed by atoms with Crippen LogP contribution in [-0.4, -0.2) is 31.0 Å². The van der Waals surface area contributed by atoms with Gasteiger partial charge in [0.25, 0.3) is 5.69 Å².